The molecule has 1 saturated heterocycles. The Labute approximate surface area is 108 Å². The van der Waals surface area contributed by atoms with E-state index in [0.29, 0.717) is 11.7 Å². The minimum atomic E-state index is -3.19. The minimum absolute atomic E-state index is 0.0841. The maximum Gasteiger partial charge on any atom is 0.232 e. The Hall–Kier alpha value is -1.27. The SMILES string of the molecule is CCS(=O)(=O)Nc1ccc(NC2CCNC2)cc1. The third-order valence-corrected chi connectivity index (χ3v) is 4.28. The van der Waals surface area contributed by atoms with E-state index in [0.717, 1.165) is 25.2 Å². The van der Waals surface area contributed by atoms with Crippen LogP contribution in [0.2, 0.25) is 0 Å². The number of hydrogen-bond acceptors (Lipinski definition) is 4. The van der Waals surface area contributed by atoms with E-state index < -0.39 is 10.0 Å². The number of hydrogen-bond donors (Lipinski definition) is 3. The summed E-state index contributed by atoms with van der Waals surface area (Å²) in [5.74, 6) is 0.0841. The fourth-order valence-electron chi connectivity index (χ4n) is 1.90. The van der Waals surface area contributed by atoms with Crippen molar-refractivity contribution in [2.24, 2.45) is 0 Å². The molecule has 5 nitrogen and oxygen atoms in total. The van der Waals surface area contributed by atoms with Gasteiger partial charge in [0.2, 0.25) is 10.0 Å². The molecule has 3 N–H and O–H groups in total. The number of anilines is 2. The number of rotatable bonds is 5. The topological polar surface area (TPSA) is 70.2 Å². The molecule has 18 heavy (non-hydrogen) atoms. The highest BCUT2D eigenvalue weighted by atomic mass is 32.2. The predicted octanol–water partition coefficient (Wildman–Crippen LogP) is 1.22. The summed E-state index contributed by atoms with van der Waals surface area (Å²) in [6, 6.07) is 7.80. The average Bonchev–Trinajstić information content (AvgIpc) is 2.84. The van der Waals surface area contributed by atoms with Crippen LogP contribution in [0.25, 0.3) is 0 Å². The van der Waals surface area contributed by atoms with Gasteiger partial charge in [-0.15, -0.1) is 0 Å². The van der Waals surface area contributed by atoms with Gasteiger partial charge >= 0.3 is 0 Å². The van der Waals surface area contributed by atoms with Gasteiger partial charge in [-0.25, -0.2) is 8.42 Å². The summed E-state index contributed by atoms with van der Waals surface area (Å²) in [5.41, 5.74) is 1.62. The van der Waals surface area contributed by atoms with Crippen LogP contribution in [-0.4, -0.2) is 33.3 Å². The van der Waals surface area contributed by atoms with Gasteiger partial charge in [-0.2, -0.15) is 0 Å². The van der Waals surface area contributed by atoms with E-state index in [2.05, 4.69) is 15.4 Å². The minimum Gasteiger partial charge on any atom is -0.381 e. The molecule has 2 rings (SSSR count). The summed E-state index contributed by atoms with van der Waals surface area (Å²) in [7, 11) is -3.19. The molecule has 0 amide bonds. The van der Waals surface area contributed by atoms with Gasteiger partial charge in [0.15, 0.2) is 0 Å². The lowest BCUT2D eigenvalue weighted by atomic mass is 10.2. The first-order chi connectivity index (χ1) is 8.59. The van der Waals surface area contributed by atoms with Crippen LogP contribution in [0.1, 0.15) is 13.3 Å². The van der Waals surface area contributed by atoms with Crippen LogP contribution in [0.3, 0.4) is 0 Å². The third-order valence-electron chi connectivity index (χ3n) is 2.97. The maximum atomic E-state index is 11.4. The molecule has 100 valence electrons. The van der Waals surface area contributed by atoms with Gasteiger partial charge < -0.3 is 10.6 Å². The molecule has 0 aliphatic carbocycles. The zero-order chi connectivity index (χ0) is 13.0. The normalized spacial score (nSPS) is 19.7. The second-order valence-corrected chi connectivity index (χ2v) is 6.43. The molecule has 1 aliphatic heterocycles. The van der Waals surface area contributed by atoms with Crippen LogP contribution in [0.4, 0.5) is 11.4 Å². The second kappa shape index (κ2) is 5.58. The number of benzene rings is 1. The van der Waals surface area contributed by atoms with E-state index in [9.17, 15) is 8.42 Å². The zero-order valence-electron chi connectivity index (χ0n) is 10.4. The van der Waals surface area contributed by atoms with E-state index in [4.69, 9.17) is 0 Å². The van der Waals surface area contributed by atoms with Gasteiger partial charge in [0.1, 0.15) is 0 Å². The summed E-state index contributed by atoms with van der Waals surface area (Å²) in [4.78, 5) is 0. The van der Waals surface area contributed by atoms with Gasteiger partial charge in [0.05, 0.1) is 5.75 Å². The Morgan fingerprint density at radius 2 is 1.94 bits per heavy atom. The molecule has 1 aromatic rings. The van der Waals surface area contributed by atoms with Crippen molar-refractivity contribution in [2.75, 3.05) is 28.9 Å². The van der Waals surface area contributed by atoms with Crippen LogP contribution in [0, 0.1) is 0 Å². The Kier molecular flexibility index (Phi) is 4.08. The largest absolute Gasteiger partial charge is 0.381 e. The molecule has 1 atom stereocenters. The standard InChI is InChI=1S/C12H19N3O2S/c1-2-18(16,17)15-11-5-3-10(4-6-11)14-12-7-8-13-9-12/h3-6,12-15H,2,7-9H2,1H3. The van der Waals surface area contributed by atoms with E-state index in [-0.39, 0.29) is 5.75 Å². The lowest BCUT2D eigenvalue weighted by molar-refractivity contribution is 0.602. The van der Waals surface area contributed by atoms with Gasteiger partial charge in [0.25, 0.3) is 0 Å². The Bertz CT molecular complexity index is 479. The van der Waals surface area contributed by atoms with Gasteiger partial charge in [-0.05, 0) is 44.2 Å². The van der Waals surface area contributed by atoms with Crippen LogP contribution in [-0.2, 0) is 10.0 Å². The van der Waals surface area contributed by atoms with Crippen molar-refractivity contribution < 1.29 is 8.42 Å². The fraction of sp³-hybridized carbons (Fsp3) is 0.500. The van der Waals surface area contributed by atoms with E-state index in [1.165, 1.54) is 0 Å². The molecule has 1 unspecified atom stereocenters. The summed E-state index contributed by atoms with van der Waals surface area (Å²) in [5, 5.41) is 6.69. The van der Waals surface area contributed by atoms with Crippen molar-refractivity contribution >= 4 is 21.4 Å². The first kappa shape index (κ1) is 13.2. The Balaban J connectivity index is 1.96. The molecule has 0 saturated carbocycles. The number of sulfonamides is 1. The van der Waals surface area contributed by atoms with E-state index in [1.807, 2.05) is 12.1 Å². The monoisotopic (exact) mass is 269 g/mol. The number of nitrogens with one attached hydrogen (secondary N) is 3. The van der Waals surface area contributed by atoms with Crippen molar-refractivity contribution in [1.82, 2.24) is 5.32 Å². The van der Waals surface area contributed by atoms with Crippen molar-refractivity contribution in [3.8, 4) is 0 Å². The molecule has 1 aliphatic rings. The maximum absolute atomic E-state index is 11.4. The lowest BCUT2D eigenvalue weighted by Gasteiger charge is -2.13. The fourth-order valence-corrected chi connectivity index (χ4v) is 2.54. The zero-order valence-corrected chi connectivity index (χ0v) is 11.3. The predicted molar refractivity (Wildman–Crippen MR) is 74.4 cm³/mol. The average molecular weight is 269 g/mol. The van der Waals surface area contributed by atoms with Crippen LogP contribution >= 0.6 is 0 Å². The highest BCUT2D eigenvalue weighted by Gasteiger charge is 2.13. The van der Waals surface area contributed by atoms with Crippen LogP contribution < -0.4 is 15.4 Å². The van der Waals surface area contributed by atoms with Gasteiger partial charge in [-0.1, -0.05) is 0 Å². The quantitative estimate of drug-likeness (QED) is 0.752. The Morgan fingerprint density at radius 3 is 2.50 bits per heavy atom. The molecule has 0 aromatic heterocycles. The first-order valence-electron chi connectivity index (χ1n) is 6.17. The molecular formula is C12H19N3O2S. The summed E-state index contributed by atoms with van der Waals surface area (Å²) in [6.45, 7) is 3.64. The molecule has 6 heteroatoms. The van der Waals surface area contributed by atoms with Crippen molar-refractivity contribution in [3.63, 3.8) is 0 Å². The van der Waals surface area contributed by atoms with E-state index >= 15 is 0 Å². The van der Waals surface area contributed by atoms with Crippen LogP contribution in [0.15, 0.2) is 24.3 Å². The molecule has 0 bridgehead atoms. The Morgan fingerprint density at radius 1 is 1.28 bits per heavy atom. The lowest BCUT2D eigenvalue weighted by Crippen LogP contribution is -2.22. The first-order valence-corrected chi connectivity index (χ1v) is 7.82. The molecular weight excluding hydrogens is 250 g/mol. The van der Waals surface area contributed by atoms with Gasteiger partial charge in [0, 0.05) is 24.0 Å². The van der Waals surface area contributed by atoms with Crippen molar-refractivity contribution in [3.05, 3.63) is 24.3 Å². The molecule has 0 spiro atoms. The van der Waals surface area contributed by atoms with Crippen LogP contribution in [0.5, 0.6) is 0 Å². The van der Waals surface area contributed by atoms with Crippen molar-refractivity contribution in [2.45, 2.75) is 19.4 Å². The summed E-state index contributed by atoms with van der Waals surface area (Å²) in [6.07, 6.45) is 1.12. The second-order valence-electron chi connectivity index (χ2n) is 4.42. The highest BCUT2D eigenvalue weighted by molar-refractivity contribution is 7.92. The smallest absolute Gasteiger partial charge is 0.232 e. The molecule has 0 radical (unpaired) electrons. The highest BCUT2D eigenvalue weighted by Crippen LogP contribution is 2.16. The third kappa shape index (κ3) is 3.61. The molecule has 1 fully saturated rings. The molecule has 1 heterocycles. The summed E-state index contributed by atoms with van der Waals surface area (Å²) >= 11 is 0. The van der Waals surface area contributed by atoms with E-state index in [1.54, 1.807) is 19.1 Å². The van der Waals surface area contributed by atoms with Crippen molar-refractivity contribution in [1.29, 1.82) is 0 Å². The molecule has 1 aromatic carbocycles. The summed E-state index contributed by atoms with van der Waals surface area (Å²) < 4.78 is 25.3. The van der Waals surface area contributed by atoms with Gasteiger partial charge in [-0.3, -0.25) is 4.72 Å².